The van der Waals surface area contributed by atoms with E-state index in [4.69, 9.17) is 0 Å². The molecule has 3 aliphatic carbocycles. The van der Waals surface area contributed by atoms with E-state index in [1.165, 1.54) is 32.1 Å². The van der Waals surface area contributed by atoms with Gasteiger partial charge >= 0.3 is 5.97 Å². The van der Waals surface area contributed by atoms with Crippen LogP contribution in [0.3, 0.4) is 0 Å². The second kappa shape index (κ2) is 2.28. The molecule has 3 fully saturated rings. The van der Waals surface area contributed by atoms with E-state index in [1.807, 2.05) is 0 Å². The minimum atomic E-state index is -0.519. The molecular formula is C11H16O2. The molecule has 0 heterocycles. The lowest BCUT2D eigenvalue weighted by molar-refractivity contribution is -0.146. The molecular weight excluding hydrogens is 164 g/mol. The van der Waals surface area contributed by atoms with Crippen LogP contribution in [0.1, 0.15) is 38.5 Å². The van der Waals surface area contributed by atoms with E-state index in [1.54, 1.807) is 0 Å². The first-order chi connectivity index (χ1) is 6.24. The van der Waals surface area contributed by atoms with Gasteiger partial charge in [-0.15, -0.1) is 0 Å². The van der Waals surface area contributed by atoms with Crippen LogP contribution in [0.5, 0.6) is 0 Å². The van der Waals surface area contributed by atoms with Gasteiger partial charge in [-0.25, -0.2) is 0 Å². The summed E-state index contributed by atoms with van der Waals surface area (Å²) in [5.74, 6) is 1.05. The molecule has 0 aromatic heterocycles. The summed E-state index contributed by atoms with van der Waals surface area (Å²) in [6, 6.07) is 0. The Morgan fingerprint density at radius 2 is 2.15 bits per heavy atom. The van der Waals surface area contributed by atoms with Crippen molar-refractivity contribution >= 4 is 5.97 Å². The molecule has 1 N–H and O–H groups in total. The van der Waals surface area contributed by atoms with Gasteiger partial charge in [0.15, 0.2) is 0 Å². The maximum atomic E-state index is 11.1. The normalized spacial score (nSPS) is 52.5. The number of hydrogen-bond donors (Lipinski definition) is 1. The number of aliphatic carboxylic acids is 1. The largest absolute Gasteiger partial charge is 0.481 e. The highest BCUT2D eigenvalue weighted by atomic mass is 16.4. The molecule has 0 spiro atoms. The van der Waals surface area contributed by atoms with Crippen LogP contribution < -0.4 is 0 Å². The van der Waals surface area contributed by atoms with Gasteiger partial charge in [0.25, 0.3) is 0 Å². The van der Waals surface area contributed by atoms with Crippen LogP contribution in [0.25, 0.3) is 0 Å². The van der Waals surface area contributed by atoms with E-state index >= 15 is 0 Å². The standard InChI is InChI=1S/C11H16O2/c12-10(13)9-6-7-3-5-11(9)4-1-2-8(7)11/h7-9H,1-6H2,(H,12,13). The Morgan fingerprint density at radius 1 is 1.31 bits per heavy atom. The average molecular weight is 180 g/mol. The predicted octanol–water partition coefficient (Wildman–Crippen LogP) is 2.29. The summed E-state index contributed by atoms with van der Waals surface area (Å²) in [5.41, 5.74) is 0.260. The molecule has 4 unspecified atom stereocenters. The molecule has 3 rings (SSSR count). The third-order valence-corrected chi connectivity index (χ3v) is 4.98. The Bertz CT molecular complexity index is 257. The third kappa shape index (κ3) is 0.773. The highest BCUT2D eigenvalue weighted by Crippen LogP contribution is 2.68. The predicted molar refractivity (Wildman–Crippen MR) is 48.2 cm³/mol. The lowest BCUT2D eigenvalue weighted by Gasteiger charge is -2.31. The highest BCUT2D eigenvalue weighted by molar-refractivity contribution is 5.72. The smallest absolute Gasteiger partial charge is 0.307 e. The molecule has 4 atom stereocenters. The Kier molecular flexibility index (Phi) is 1.38. The summed E-state index contributed by atoms with van der Waals surface area (Å²) in [6.07, 6.45) is 7.30. The molecule has 0 saturated heterocycles. The average Bonchev–Trinajstić information content (AvgIpc) is 2.65. The molecule has 0 aromatic carbocycles. The van der Waals surface area contributed by atoms with Gasteiger partial charge in [0.1, 0.15) is 0 Å². The summed E-state index contributed by atoms with van der Waals surface area (Å²) in [5, 5.41) is 9.18. The fourth-order valence-corrected chi connectivity index (χ4v) is 4.57. The molecule has 2 nitrogen and oxygen atoms in total. The molecule has 3 aliphatic rings. The van der Waals surface area contributed by atoms with Crippen molar-refractivity contribution in [3.05, 3.63) is 0 Å². The van der Waals surface area contributed by atoms with Gasteiger partial charge in [0.05, 0.1) is 5.92 Å². The second-order valence-electron chi connectivity index (χ2n) is 5.16. The molecule has 13 heavy (non-hydrogen) atoms. The van der Waals surface area contributed by atoms with E-state index in [0.29, 0.717) is 0 Å². The van der Waals surface area contributed by atoms with Crippen LogP contribution in [0, 0.1) is 23.2 Å². The van der Waals surface area contributed by atoms with Crippen molar-refractivity contribution in [2.24, 2.45) is 23.2 Å². The Balaban J connectivity index is 1.99. The van der Waals surface area contributed by atoms with Gasteiger partial charge in [0, 0.05) is 0 Å². The number of carboxylic acid groups (broad SMARTS) is 1. The number of rotatable bonds is 1. The van der Waals surface area contributed by atoms with Gasteiger partial charge in [-0.05, 0) is 49.4 Å². The van der Waals surface area contributed by atoms with Crippen LogP contribution >= 0.6 is 0 Å². The third-order valence-electron chi connectivity index (χ3n) is 4.98. The van der Waals surface area contributed by atoms with Crippen LogP contribution in [-0.4, -0.2) is 11.1 Å². The summed E-state index contributed by atoms with van der Waals surface area (Å²) >= 11 is 0. The van der Waals surface area contributed by atoms with Gasteiger partial charge in [-0.2, -0.15) is 0 Å². The second-order valence-corrected chi connectivity index (χ2v) is 5.16. The van der Waals surface area contributed by atoms with Crippen molar-refractivity contribution in [3.8, 4) is 0 Å². The van der Waals surface area contributed by atoms with Gasteiger partial charge in [0.2, 0.25) is 0 Å². The summed E-state index contributed by atoms with van der Waals surface area (Å²) < 4.78 is 0. The highest BCUT2D eigenvalue weighted by Gasteiger charge is 2.62. The first kappa shape index (κ1) is 7.84. The van der Waals surface area contributed by atoms with Crippen LogP contribution in [0.15, 0.2) is 0 Å². The molecule has 0 radical (unpaired) electrons. The molecule has 3 saturated carbocycles. The number of carboxylic acids is 1. The van der Waals surface area contributed by atoms with E-state index in [0.717, 1.165) is 18.3 Å². The van der Waals surface area contributed by atoms with Gasteiger partial charge in [-0.3, -0.25) is 4.79 Å². The zero-order valence-corrected chi connectivity index (χ0v) is 7.83. The minimum Gasteiger partial charge on any atom is -0.481 e. The van der Waals surface area contributed by atoms with E-state index in [2.05, 4.69) is 0 Å². The molecule has 0 aliphatic heterocycles. The SMILES string of the molecule is O=C(O)C1CC2CCC13CCCC23. The Hall–Kier alpha value is -0.530. The molecule has 0 amide bonds. The molecule has 2 bridgehead atoms. The zero-order valence-electron chi connectivity index (χ0n) is 7.83. The van der Waals surface area contributed by atoms with Crippen LogP contribution in [-0.2, 0) is 4.79 Å². The van der Waals surface area contributed by atoms with Crippen molar-refractivity contribution in [1.82, 2.24) is 0 Å². The Morgan fingerprint density at radius 3 is 2.92 bits per heavy atom. The van der Waals surface area contributed by atoms with Crippen molar-refractivity contribution in [1.29, 1.82) is 0 Å². The monoisotopic (exact) mass is 180 g/mol. The van der Waals surface area contributed by atoms with E-state index < -0.39 is 5.97 Å². The van der Waals surface area contributed by atoms with E-state index in [9.17, 15) is 9.90 Å². The number of carbonyl (C=O) groups is 1. The lowest BCUT2D eigenvalue weighted by Crippen LogP contribution is -2.31. The summed E-state index contributed by atoms with van der Waals surface area (Å²) in [4.78, 5) is 11.1. The number of hydrogen-bond acceptors (Lipinski definition) is 1. The fraction of sp³-hybridized carbons (Fsp3) is 0.909. The maximum Gasteiger partial charge on any atom is 0.307 e. The van der Waals surface area contributed by atoms with Crippen LogP contribution in [0.4, 0.5) is 0 Å². The molecule has 72 valence electrons. The Labute approximate surface area is 78.3 Å². The summed E-state index contributed by atoms with van der Waals surface area (Å²) in [6.45, 7) is 0. The zero-order chi connectivity index (χ0) is 9.05. The van der Waals surface area contributed by atoms with Crippen molar-refractivity contribution in [2.75, 3.05) is 0 Å². The topological polar surface area (TPSA) is 37.3 Å². The maximum absolute atomic E-state index is 11.1. The fourth-order valence-electron chi connectivity index (χ4n) is 4.57. The first-order valence-corrected chi connectivity index (χ1v) is 5.47. The molecule has 2 heteroatoms. The first-order valence-electron chi connectivity index (χ1n) is 5.47. The van der Waals surface area contributed by atoms with E-state index in [-0.39, 0.29) is 11.3 Å². The summed E-state index contributed by atoms with van der Waals surface area (Å²) in [7, 11) is 0. The van der Waals surface area contributed by atoms with Gasteiger partial charge in [-0.1, -0.05) is 6.42 Å². The molecule has 0 aromatic rings. The van der Waals surface area contributed by atoms with Crippen molar-refractivity contribution in [2.45, 2.75) is 38.5 Å². The van der Waals surface area contributed by atoms with Gasteiger partial charge < -0.3 is 5.11 Å². The van der Waals surface area contributed by atoms with Crippen LogP contribution in [0.2, 0.25) is 0 Å². The quantitative estimate of drug-likeness (QED) is 0.672. The minimum absolute atomic E-state index is 0.0127. The van der Waals surface area contributed by atoms with Crippen molar-refractivity contribution in [3.63, 3.8) is 0 Å². The van der Waals surface area contributed by atoms with Crippen molar-refractivity contribution < 1.29 is 9.90 Å². The lowest BCUT2D eigenvalue weighted by atomic mass is 9.72.